The third-order valence-electron chi connectivity index (χ3n) is 4.60. The summed E-state index contributed by atoms with van der Waals surface area (Å²) in [5.41, 5.74) is 3.31. The molecule has 0 saturated heterocycles. The lowest BCUT2D eigenvalue weighted by molar-refractivity contribution is 0.391. The van der Waals surface area contributed by atoms with Crippen molar-refractivity contribution >= 4 is 50.0 Å². The number of halogens is 2. The fourth-order valence-corrected chi connectivity index (χ4v) is 4.92. The Morgan fingerprint density at radius 2 is 1.96 bits per heavy atom. The van der Waals surface area contributed by atoms with E-state index in [0.717, 1.165) is 22.2 Å². The summed E-state index contributed by atoms with van der Waals surface area (Å²) < 4.78 is 34.8. The van der Waals surface area contributed by atoms with Gasteiger partial charge in [-0.2, -0.15) is 12.7 Å². The van der Waals surface area contributed by atoms with Crippen molar-refractivity contribution in [3.63, 3.8) is 0 Å². The van der Waals surface area contributed by atoms with Crippen LogP contribution in [0.1, 0.15) is 11.3 Å². The van der Waals surface area contributed by atoms with Gasteiger partial charge in [0.1, 0.15) is 5.75 Å². The maximum Gasteiger partial charge on any atom is 0.302 e. The predicted molar refractivity (Wildman–Crippen MR) is 108 cm³/mol. The van der Waals surface area contributed by atoms with E-state index < -0.39 is 10.2 Å². The van der Waals surface area contributed by atoms with E-state index in [1.165, 1.54) is 11.4 Å². The Morgan fingerprint density at radius 1 is 1.15 bits per heavy atom. The van der Waals surface area contributed by atoms with E-state index in [1.54, 1.807) is 18.2 Å². The summed E-state index contributed by atoms with van der Waals surface area (Å²) in [6.45, 7) is 0.633. The normalized spacial score (nSPS) is 14.9. The molecule has 2 heterocycles. The highest BCUT2D eigenvalue weighted by atomic mass is 35.5. The zero-order valence-corrected chi connectivity index (χ0v) is 16.7. The van der Waals surface area contributed by atoms with Gasteiger partial charge in [0.2, 0.25) is 0 Å². The monoisotopic (exact) mass is 425 g/mol. The topological polar surface area (TPSA) is 74.4 Å². The van der Waals surface area contributed by atoms with Crippen molar-refractivity contribution in [1.29, 1.82) is 0 Å². The van der Waals surface area contributed by atoms with Gasteiger partial charge in [0.15, 0.2) is 0 Å². The van der Waals surface area contributed by atoms with Crippen molar-refractivity contribution in [3.05, 3.63) is 57.7 Å². The molecule has 0 aliphatic carbocycles. The van der Waals surface area contributed by atoms with Crippen molar-refractivity contribution < 1.29 is 13.2 Å². The van der Waals surface area contributed by atoms with Crippen LogP contribution in [0.15, 0.2) is 36.4 Å². The van der Waals surface area contributed by atoms with Crippen LogP contribution in [0.5, 0.6) is 5.75 Å². The number of methoxy groups -OCH3 is 1. The van der Waals surface area contributed by atoms with Gasteiger partial charge in [-0.15, -0.1) is 0 Å². The molecule has 0 amide bonds. The van der Waals surface area contributed by atoms with Crippen LogP contribution in [0, 0.1) is 0 Å². The third-order valence-corrected chi connectivity index (χ3v) is 6.53. The second-order valence-electron chi connectivity index (χ2n) is 6.34. The lowest BCUT2D eigenvalue weighted by Gasteiger charge is -2.26. The molecule has 6 nitrogen and oxygen atoms in total. The number of hydrogen-bond acceptors (Lipinski definition) is 3. The highest BCUT2D eigenvalue weighted by molar-refractivity contribution is 7.90. The molecule has 1 aliphatic rings. The molecule has 0 unspecified atom stereocenters. The van der Waals surface area contributed by atoms with Crippen LogP contribution in [-0.4, -0.2) is 31.4 Å². The smallest absolute Gasteiger partial charge is 0.302 e. The maximum atomic E-state index is 12.8. The standard InChI is InChI=1S/C18H17Cl2N3O3S/c1-26-14-7-12(20)6-13(9-14)22-27(24,25)23-5-4-15-16-8-11(19)2-3-17(16)21-18(15)10-23/h2-3,6-9,21-22H,4-5,10H2,1H3. The number of H-pyrrole nitrogens is 1. The Labute approximate surface area is 167 Å². The van der Waals surface area contributed by atoms with Crippen LogP contribution in [-0.2, 0) is 23.2 Å². The molecule has 27 heavy (non-hydrogen) atoms. The summed E-state index contributed by atoms with van der Waals surface area (Å²) in [5.74, 6) is 0.480. The summed E-state index contributed by atoms with van der Waals surface area (Å²) in [6, 6.07) is 10.4. The number of aromatic nitrogens is 1. The van der Waals surface area contributed by atoms with Crippen molar-refractivity contribution in [3.8, 4) is 5.75 Å². The quantitative estimate of drug-likeness (QED) is 0.657. The zero-order valence-electron chi connectivity index (χ0n) is 14.4. The van der Waals surface area contributed by atoms with Crippen LogP contribution >= 0.6 is 23.2 Å². The van der Waals surface area contributed by atoms with Crippen molar-refractivity contribution in [2.45, 2.75) is 13.0 Å². The van der Waals surface area contributed by atoms with Gasteiger partial charge >= 0.3 is 10.2 Å². The Hall–Kier alpha value is -1.93. The van der Waals surface area contributed by atoms with Crippen LogP contribution in [0.4, 0.5) is 5.69 Å². The summed E-state index contributed by atoms with van der Waals surface area (Å²) in [5, 5.41) is 2.10. The fraction of sp³-hybridized carbons (Fsp3) is 0.222. The molecule has 2 N–H and O–H groups in total. The van der Waals surface area contributed by atoms with E-state index in [1.807, 2.05) is 18.2 Å². The van der Waals surface area contributed by atoms with E-state index in [2.05, 4.69) is 9.71 Å². The minimum Gasteiger partial charge on any atom is -0.497 e. The van der Waals surface area contributed by atoms with Gasteiger partial charge in [0.05, 0.1) is 19.3 Å². The van der Waals surface area contributed by atoms with E-state index in [9.17, 15) is 8.42 Å². The van der Waals surface area contributed by atoms with Gasteiger partial charge in [0.25, 0.3) is 0 Å². The molecule has 9 heteroatoms. The highest BCUT2D eigenvalue weighted by Gasteiger charge is 2.29. The second kappa shape index (κ2) is 6.91. The molecule has 2 aromatic carbocycles. The summed E-state index contributed by atoms with van der Waals surface area (Å²) in [6.07, 6.45) is 0.607. The summed E-state index contributed by atoms with van der Waals surface area (Å²) >= 11 is 12.1. The highest BCUT2D eigenvalue weighted by Crippen LogP contribution is 2.31. The molecule has 1 aromatic heterocycles. The van der Waals surface area contributed by atoms with Crippen LogP contribution < -0.4 is 9.46 Å². The van der Waals surface area contributed by atoms with Crippen molar-refractivity contribution in [2.24, 2.45) is 0 Å². The van der Waals surface area contributed by atoms with Crippen LogP contribution in [0.2, 0.25) is 10.0 Å². The van der Waals surface area contributed by atoms with Crippen molar-refractivity contribution in [1.82, 2.24) is 9.29 Å². The van der Waals surface area contributed by atoms with Gasteiger partial charge in [-0.05, 0) is 42.3 Å². The largest absolute Gasteiger partial charge is 0.497 e. The number of anilines is 1. The van der Waals surface area contributed by atoms with Gasteiger partial charge in [0, 0.05) is 39.3 Å². The molecule has 1 aliphatic heterocycles. The minimum absolute atomic E-state index is 0.259. The molecule has 3 aromatic rings. The first kappa shape index (κ1) is 18.4. The average molecular weight is 426 g/mol. The van der Waals surface area contributed by atoms with Gasteiger partial charge < -0.3 is 9.72 Å². The number of rotatable bonds is 4. The van der Waals surface area contributed by atoms with Gasteiger partial charge in [-0.25, -0.2) is 0 Å². The number of benzene rings is 2. The first-order valence-electron chi connectivity index (χ1n) is 8.27. The molecule has 0 fully saturated rings. The molecule has 4 rings (SSSR count). The Morgan fingerprint density at radius 3 is 2.74 bits per heavy atom. The molecular weight excluding hydrogens is 409 g/mol. The molecule has 0 bridgehead atoms. The third kappa shape index (κ3) is 3.60. The lowest BCUT2D eigenvalue weighted by atomic mass is 10.0. The number of fused-ring (bicyclic) bond motifs is 3. The predicted octanol–water partition coefficient (Wildman–Crippen LogP) is 4.20. The first-order chi connectivity index (χ1) is 12.9. The van der Waals surface area contributed by atoms with Crippen molar-refractivity contribution in [2.75, 3.05) is 18.4 Å². The Balaban J connectivity index is 1.61. The molecule has 0 saturated carbocycles. The molecule has 0 atom stereocenters. The van der Waals surface area contributed by atoms with Gasteiger partial charge in [-0.3, -0.25) is 4.72 Å². The lowest BCUT2D eigenvalue weighted by Crippen LogP contribution is -2.39. The minimum atomic E-state index is -3.74. The average Bonchev–Trinajstić information content (AvgIpc) is 2.97. The van der Waals surface area contributed by atoms with E-state index in [4.69, 9.17) is 27.9 Å². The maximum absolute atomic E-state index is 12.8. The van der Waals surface area contributed by atoms with E-state index in [-0.39, 0.29) is 6.54 Å². The number of ether oxygens (including phenoxy) is 1. The fourth-order valence-electron chi connectivity index (χ4n) is 3.35. The Bertz CT molecular complexity index is 1130. The molecule has 0 radical (unpaired) electrons. The molecular formula is C18H17Cl2N3O3S. The second-order valence-corrected chi connectivity index (χ2v) is 8.89. The first-order valence-corrected chi connectivity index (χ1v) is 10.5. The summed E-state index contributed by atoms with van der Waals surface area (Å²) in [4.78, 5) is 3.30. The number of nitrogens with one attached hydrogen (secondary N) is 2. The number of nitrogens with zero attached hydrogens (tertiary/aromatic N) is 1. The van der Waals surface area contributed by atoms with E-state index in [0.29, 0.717) is 34.4 Å². The van der Waals surface area contributed by atoms with Crippen LogP contribution in [0.25, 0.3) is 10.9 Å². The Kier molecular flexibility index (Phi) is 4.71. The number of aromatic amines is 1. The van der Waals surface area contributed by atoms with Crippen LogP contribution in [0.3, 0.4) is 0 Å². The van der Waals surface area contributed by atoms with E-state index >= 15 is 0 Å². The SMILES string of the molecule is COc1cc(Cl)cc(NS(=O)(=O)N2CCc3c([nH]c4ccc(Cl)cc34)C2)c1. The molecule has 0 spiro atoms. The van der Waals surface area contributed by atoms with Gasteiger partial charge in [-0.1, -0.05) is 23.2 Å². The number of hydrogen-bond donors (Lipinski definition) is 2. The molecule has 142 valence electrons. The zero-order chi connectivity index (χ0) is 19.2. The summed E-state index contributed by atoms with van der Waals surface area (Å²) in [7, 11) is -2.25.